The quantitative estimate of drug-likeness (QED) is 0.00678. The normalized spacial score (nSPS) is 12.5. The largest absolute Gasteiger partial charge is 0.462 e. The summed E-state index contributed by atoms with van der Waals surface area (Å²) in [5.41, 5.74) is 25.8. The van der Waals surface area contributed by atoms with Gasteiger partial charge in [0.15, 0.2) is 44.2 Å². The number of unbranched alkanes of at least 4 members (excludes halogenated alkanes) is 3. The monoisotopic (exact) mass is 1880 g/mol. The van der Waals surface area contributed by atoms with E-state index >= 15 is 0 Å². The average Bonchev–Trinajstić information content (AvgIpc) is 1.62. The molecule has 0 aliphatic heterocycles. The van der Waals surface area contributed by atoms with E-state index in [1.807, 2.05) is 72.8 Å². The number of hydrogen-bond acceptors (Lipinski definition) is 32. The molecular weight excluding hydrogens is 1750 g/mol. The van der Waals surface area contributed by atoms with E-state index in [0.29, 0.717) is 85.4 Å². The number of nitrogens with zero attached hydrogens (tertiary/aromatic N) is 13. The first kappa shape index (κ1) is 111. The zero-order chi connectivity index (χ0) is 93.8. The Kier molecular flexibility index (Phi) is 51.5. The zero-order valence-electron chi connectivity index (χ0n) is 76.7. The van der Waals surface area contributed by atoms with E-state index in [-0.39, 0.29) is 91.2 Å². The molecule has 37 nitrogen and oxygen atoms in total. The van der Waals surface area contributed by atoms with Gasteiger partial charge in [-0.1, -0.05) is 94.6 Å². The molecule has 6 heterocycles. The fourth-order valence-electron chi connectivity index (χ4n) is 13.2. The SMILES string of the molecule is CC(=O)OC[C@H](CO)OC(C)=O.CCCCc1nc2c(N)nc3ccccc3c2n1CCO.CCCCc1nc2c(N)nc3ccccc3c2n1CCOP(O)OC[C@@H](COC(C)=O)OC(C)=O.[C-]#[N+]CCOP(N(C(C)C)C(C)C)N(C(C)C)C(C)C.[C-]#[N+]CCOP(OCCn1c(CCCC)nc2c(N)nc3ccccc3c21)OC[C@@H](COC(C)=O)OC(C)=O.[V]. The molecule has 0 saturated carbocycles. The number of fused-ring (bicyclic) bond motifs is 9. The van der Waals surface area contributed by atoms with Gasteiger partial charge in [-0.25, -0.2) is 52.4 Å². The molecule has 9 rings (SSSR count). The molecule has 0 spiro atoms. The number of aromatic nitrogens is 9. The number of pyridine rings is 3. The van der Waals surface area contributed by atoms with Crippen molar-refractivity contribution in [1.82, 2.24) is 52.9 Å². The number of aliphatic hydroxyl groups excluding tert-OH is 2. The van der Waals surface area contributed by atoms with E-state index in [9.17, 15) is 38.8 Å². The van der Waals surface area contributed by atoms with Crippen LogP contribution < -0.4 is 17.2 Å². The maximum atomic E-state index is 11.5. The maximum absolute atomic E-state index is 11.5. The predicted molar refractivity (Wildman–Crippen MR) is 491 cm³/mol. The molecule has 3 aromatic carbocycles. The van der Waals surface area contributed by atoms with Gasteiger partial charge in [0.2, 0.25) is 13.1 Å². The third-order valence-corrected chi connectivity index (χ3v) is 23.3. The van der Waals surface area contributed by atoms with Crippen LogP contribution in [0.2, 0.25) is 0 Å². The number of hydrogen-bond donors (Lipinski definition) is 6. The molecule has 9 N–H and O–H groups in total. The molecule has 0 saturated heterocycles. The summed E-state index contributed by atoms with van der Waals surface area (Å²) >= 11 is 0. The van der Waals surface area contributed by atoms with Crippen molar-refractivity contribution in [1.29, 1.82) is 0 Å². The molecule has 1 radical (unpaired) electrons. The molecule has 0 amide bonds. The van der Waals surface area contributed by atoms with Crippen molar-refractivity contribution in [2.24, 2.45) is 0 Å². The minimum absolute atomic E-state index is 0. The zero-order valence-corrected chi connectivity index (χ0v) is 80.8. The molecule has 2 unspecified atom stereocenters. The van der Waals surface area contributed by atoms with E-state index in [1.165, 1.54) is 41.5 Å². The van der Waals surface area contributed by atoms with Crippen molar-refractivity contribution in [3.05, 3.63) is 113 Å². The maximum Gasteiger partial charge on any atom is 0.333 e. The number of imidazole rings is 3. The number of carbonyl (C=O) groups excluding carboxylic acids is 6. The van der Waals surface area contributed by atoms with E-state index in [1.54, 1.807) is 0 Å². The molecule has 5 atom stereocenters. The van der Waals surface area contributed by atoms with Crippen LogP contribution in [-0.4, -0.2) is 232 Å². The number of anilines is 3. The van der Waals surface area contributed by atoms with E-state index in [2.05, 4.69) is 138 Å². The number of benzene rings is 3. The van der Waals surface area contributed by atoms with Crippen LogP contribution in [0.1, 0.15) is 174 Å². The van der Waals surface area contributed by atoms with Crippen molar-refractivity contribution in [2.75, 3.05) is 103 Å². The van der Waals surface area contributed by atoms with E-state index in [0.717, 1.165) is 130 Å². The Hall–Kier alpha value is -9.07. The molecule has 41 heteroatoms. The Morgan fingerprint density at radius 2 is 0.750 bits per heavy atom. The van der Waals surface area contributed by atoms with Gasteiger partial charge in [0.25, 0.3) is 0 Å². The Morgan fingerprint density at radius 3 is 1.08 bits per heavy atom. The Labute approximate surface area is 765 Å². The first-order valence-corrected chi connectivity index (χ1v) is 45.9. The molecule has 0 fully saturated rings. The summed E-state index contributed by atoms with van der Waals surface area (Å²) in [5, 5.41) is 20.9. The number of nitrogen functional groups attached to an aromatic ring is 3. The van der Waals surface area contributed by atoms with Gasteiger partial charge in [0.1, 0.15) is 67.1 Å². The summed E-state index contributed by atoms with van der Waals surface area (Å²) < 4.78 is 74.6. The number of ether oxygens (including phenoxy) is 6. The molecule has 128 heavy (non-hydrogen) atoms. The Balaban J connectivity index is 0.000000352. The molecule has 9 aromatic rings. The predicted octanol–water partition coefficient (Wildman–Crippen LogP) is 13.8. The van der Waals surface area contributed by atoms with E-state index < -0.39 is 79.8 Å². The summed E-state index contributed by atoms with van der Waals surface area (Å²) in [5.74, 6) is 0.833. The summed E-state index contributed by atoms with van der Waals surface area (Å²) in [6.45, 7) is 47.4. The molecule has 0 aliphatic carbocycles. The first-order chi connectivity index (χ1) is 60.7. The van der Waals surface area contributed by atoms with Crippen LogP contribution >= 0.6 is 25.7 Å². The number of nitrogens with two attached hydrogens (primary N) is 3. The molecule has 703 valence electrons. The molecule has 0 aliphatic rings. The van der Waals surface area contributed by atoms with Gasteiger partial charge in [-0.2, -0.15) is 0 Å². The van der Waals surface area contributed by atoms with Crippen molar-refractivity contribution in [3.63, 3.8) is 0 Å². The van der Waals surface area contributed by atoms with E-state index in [4.69, 9.17) is 91.5 Å². The fourth-order valence-corrected chi connectivity index (χ4v) is 17.1. The van der Waals surface area contributed by atoms with Gasteiger partial charge in [-0.05, 0) is 92.9 Å². The number of aliphatic hydroxyl groups is 2. The number of carbonyl (C=O) groups is 6. The molecule has 0 bridgehead atoms. The van der Waals surface area contributed by atoms with Crippen molar-refractivity contribution in [2.45, 2.75) is 238 Å². The number of esters is 6. The fraction of sp³-hybridized carbons (Fsp3) is 0.563. The van der Waals surface area contributed by atoms with Gasteiger partial charge in [0.05, 0.1) is 72.7 Å². The van der Waals surface area contributed by atoms with Crippen molar-refractivity contribution < 1.29 is 118 Å². The van der Waals surface area contributed by atoms with Crippen LogP contribution in [0.4, 0.5) is 17.5 Å². The number of aryl methyl sites for hydroxylation is 3. The van der Waals surface area contributed by atoms with Gasteiger partial charge in [0, 0.05) is 139 Å². The van der Waals surface area contributed by atoms with Crippen LogP contribution in [0, 0.1) is 13.1 Å². The average molecular weight is 1880 g/mol. The Bertz CT molecular complexity index is 5000. The van der Waals surface area contributed by atoms with Gasteiger partial charge >= 0.3 is 53.0 Å². The minimum atomic E-state index is -2.25. The van der Waals surface area contributed by atoms with Crippen LogP contribution in [0.5, 0.6) is 0 Å². The Morgan fingerprint density at radius 1 is 0.430 bits per heavy atom. The first-order valence-electron chi connectivity index (χ1n) is 42.5. The summed E-state index contributed by atoms with van der Waals surface area (Å²) in [6, 6.07) is 25.1. The van der Waals surface area contributed by atoms with Gasteiger partial charge in [-0.15, -0.1) is 0 Å². The summed E-state index contributed by atoms with van der Waals surface area (Å²) in [7, 11) is -4.97. The summed E-state index contributed by atoms with van der Waals surface area (Å²) in [6.07, 6.45) is 6.12. The van der Waals surface area contributed by atoms with Gasteiger partial charge < -0.3 is 111 Å². The third kappa shape index (κ3) is 36.4. The van der Waals surface area contributed by atoms with Crippen LogP contribution in [0.15, 0.2) is 72.8 Å². The topological polar surface area (TPSA) is 459 Å². The van der Waals surface area contributed by atoms with Crippen molar-refractivity contribution in [3.8, 4) is 0 Å². The van der Waals surface area contributed by atoms with Crippen molar-refractivity contribution >= 4 is 145 Å². The summed E-state index contributed by atoms with van der Waals surface area (Å²) in [4.78, 5) is 110. The number of para-hydroxylation sites is 3. The third-order valence-electron chi connectivity index (χ3n) is 18.4. The standard InChI is InChI=1S/C26H34N5O7P.C23H31N4O7P.C16H20N4O.C15H32N3OP.C7H12O5.V/c1-5-6-11-23-30-24-25(21-9-7-8-10-22(21)29-26(24)27)31(23)13-15-36-39(35-14-12-28-4)37-17-20(38-19(3)33)16-34-18(2)32;1-4-5-10-20-26-21-22(18-8-6-7-9-19(18)25-23(21)24)27(20)11-12-32-35(30)33-14-17(34-16(3)29)13-31-15(2)28;1-2-3-8-13-19-14-15(20(13)9-10-21)11-6-4-5-7-12(11)18-16(14)17;1-12(2)17(13(3)4)20(19-11-10-16-9)18(14(5)6)15(7)8;1-5(9)11-4-7(3-8)12-6(2)10;/h7-10,20H,5-6,11-17H2,1-3H3,(H2,27,29);6-9,17,30H,4-5,10-14H2,1-3H3,(H2,24,25);4-7,21H,2-3,8-10H2,1H3,(H2,17,18);12-15H,10-11H2,1-8H3;7-8H,3-4H2,1-2H3;/t20-,39?;17-,35?;;;7-;/m11..0./s1. The van der Waals surface area contributed by atoms with Gasteiger partial charge in [-0.3, -0.25) is 28.8 Å². The second-order valence-electron chi connectivity index (χ2n) is 30.0. The van der Waals surface area contributed by atoms with Crippen LogP contribution in [-0.2, 0) is 142 Å². The van der Waals surface area contributed by atoms with Crippen LogP contribution in [0.3, 0.4) is 0 Å². The second kappa shape index (κ2) is 59.3. The molecular formula is C87H129N16O21P3V. The minimum Gasteiger partial charge on any atom is -0.462 e. The number of rotatable bonds is 47. The molecule has 6 aromatic heterocycles. The smallest absolute Gasteiger partial charge is 0.333 e. The van der Waals surface area contributed by atoms with Crippen LogP contribution in [0.25, 0.3) is 75.5 Å². The second-order valence-corrected chi connectivity index (χ2v) is 33.9.